The smallest absolute Gasteiger partial charge is 0.360 e. The van der Waals surface area contributed by atoms with E-state index >= 15 is 0 Å². The second-order valence-corrected chi connectivity index (χ2v) is 7.21. The van der Waals surface area contributed by atoms with Crippen molar-refractivity contribution < 1.29 is 27.1 Å². The number of nitrogens with two attached hydrogens (primary N) is 1. The molecule has 1 aromatic carbocycles. The van der Waals surface area contributed by atoms with Gasteiger partial charge in [-0.2, -0.15) is 0 Å². The summed E-state index contributed by atoms with van der Waals surface area (Å²) < 4.78 is 44.2. The molecule has 0 spiro atoms. The van der Waals surface area contributed by atoms with E-state index in [0.29, 0.717) is 0 Å². The molecular formula is C9H11ClN2O6S2. The monoisotopic (exact) mass is 342 g/mol. The molecule has 0 fully saturated rings. The third kappa shape index (κ3) is 3.53. The number of rotatable bonds is 5. The van der Waals surface area contributed by atoms with Gasteiger partial charge in [0.25, 0.3) is 0 Å². The van der Waals surface area contributed by atoms with Gasteiger partial charge in [-0.1, -0.05) is 11.6 Å². The third-order valence-corrected chi connectivity index (χ3v) is 4.92. The highest BCUT2D eigenvalue weighted by Crippen LogP contribution is 2.30. The van der Waals surface area contributed by atoms with Crippen LogP contribution in [0.15, 0.2) is 23.1 Å². The zero-order valence-electron chi connectivity index (χ0n) is 10.1. The molecule has 0 radical (unpaired) electrons. The van der Waals surface area contributed by atoms with Crippen LogP contribution in [-0.2, 0) is 26.1 Å². The van der Waals surface area contributed by atoms with Crippen LogP contribution >= 0.6 is 11.6 Å². The predicted molar refractivity (Wildman–Crippen MR) is 72.0 cm³/mol. The van der Waals surface area contributed by atoms with E-state index in [-0.39, 0.29) is 10.7 Å². The molecule has 0 aromatic heterocycles. The Morgan fingerprint density at radius 3 is 2.50 bits per heavy atom. The first-order valence-corrected chi connectivity index (χ1v) is 7.94. The normalized spacial score (nSPS) is 16.4. The highest BCUT2D eigenvalue weighted by molar-refractivity contribution is 7.89. The number of benzene rings is 1. The van der Waals surface area contributed by atoms with E-state index in [4.69, 9.17) is 21.8 Å². The number of primary sulfonamides is 1. The van der Waals surface area contributed by atoms with Gasteiger partial charge in [0.15, 0.2) is 17.8 Å². The van der Waals surface area contributed by atoms with Crippen LogP contribution < -0.4 is 9.03 Å². The van der Waals surface area contributed by atoms with Crippen molar-refractivity contribution in [3.8, 4) is 0 Å². The molecule has 3 N–H and O–H groups in total. The van der Waals surface area contributed by atoms with Gasteiger partial charge in [0.2, 0.25) is 10.0 Å². The van der Waals surface area contributed by atoms with Gasteiger partial charge in [0.1, 0.15) is 10.6 Å². The molecule has 1 rings (SSSR count). The Balaban J connectivity index is 3.52. The van der Waals surface area contributed by atoms with Gasteiger partial charge < -0.3 is 9.66 Å². The number of carbonyl (C=O) groups is 1. The molecule has 0 heterocycles. The lowest BCUT2D eigenvalue weighted by Crippen LogP contribution is -2.50. The molecule has 8 nitrogen and oxygen atoms in total. The summed E-state index contributed by atoms with van der Waals surface area (Å²) in [7, 11) is -3.06. The predicted octanol–water partition coefficient (Wildman–Crippen LogP) is -0.197. The first-order chi connectivity index (χ1) is 8.98. The first-order valence-electron chi connectivity index (χ1n) is 4.98. The number of hydrogen-bond acceptors (Lipinski definition) is 5. The fourth-order valence-electron chi connectivity index (χ4n) is 1.49. The van der Waals surface area contributed by atoms with Crippen molar-refractivity contribution in [2.45, 2.75) is 4.90 Å². The average molecular weight is 343 g/mol. The Morgan fingerprint density at radius 1 is 1.55 bits per heavy atom. The Morgan fingerprint density at radius 2 is 2.10 bits per heavy atom. The fourth-order valence-corrected chi connectivity index (χ4v) is 3.06. The maximum atomic E-state index is 11.3. The van der Waals surface area contributed by atoms with E-state index in [1.54, 1.807) is 0 Å². The van der Waals surface area contributed by atoms with Crippen LogP contribution in [0.2, 0.25) is 5.02 Å². The number of quaternary nitrogens is 1. The second-order valence-electron chi connectivity index (χ2n) is 4.03. The topological polar surface area (TPSA) is 138 Å². The minimum Gasteiger partial charge on any atom is -0.724 e. The highest BCUT2D eigenvalue weighted by atomic mass is 35.5. The van der Waals surface area contributed by atoms with Crippen molar-refractivity contribution in [1.82, 2.24) is 3.89 Å². The van der Waals surface area contributed by atoms with Gasteiger partial charge in [-0.15, -0.1) is 0 Å². The number of carboxylic acid groups (broad SMARTS) is 1. The van der Waals surface area contributed by atoms with E-state index in [9.17, 15) is 22.0 Å². The van der Waals surface area contributed by atoms with Gasteiger partial charge >= 0.3 is 5.97 Å². The Labute approximate surface area is 122 Å². The SMILES string of the molecule is C[N+](CC(=O)O)(c1ccc(Cl)c(S(N)(=O)=O)c1)S(=O)[O-]. The molecule has 0 saturated carbocycles. The number of likely N-dealkylation sites (N-methyl/N-ethyl adjacent to an activating group) is 1. The molecule has 11 heteroatoms. The van der Waals surface area contributed by atoms with Crippen molar-refractivity contribution >= 4 is 44.5 Å². The molecule has 0 aliphatic carbocycles. The molecule has 112 valence electrons. The largest absolute Gasteiger partial charge is 0.724 e. The number of sulfonamides is 1. The van der Waals surface area contributed by atoms with E-state index in [0.717, 1.165) is 19.2 Å². The lowest BCUT2D eigenvalue weighted by atomic mass is 10.3. The van der Waals surface area contributed by atoms with Crippen LogP contribution in [0.4, 0.5) is 5.69 Å². The van der Waals surface area contributed by atoms with E-state index in [1.807, 2.05) is 0 Å². The van der Waals surface area contributed by atoms with Gasteiger partial charge in [0.05, 0.1) is 12.1 Å². The Bertz CT molecular complexity index is 677. The van der Waals surface area contributed by atoms with Crippen molar-refractivity contribution in [2.75, 3.05) is 13.6 Å². The van der Waals surface area contributed by atoms with E-state index < -0.39 is 42.6 Å². The fraction of sp³-hybridized carbons (Fsp3) is 0.222. The summed E-state index contributed by atoms with van der Waals surface area (Å²) in [5.41, 5.74) is -0.0887. The number of halogens is 1. The van der Waals surface area contributed by atoms with Gasteiger partial charge in [0, 0.05) is 12.1 Å². The van der Waals surface area contributed by atoms with Crippen LogP contribution in [0, 0.1) is 0 Å². The number of nitrogens with zero attached hydrogens (tertiary/aromatic N) is 1. The quantitative estimate of drug-likeness (QED) is 0.561. The second kappa shape index (κ2) is 5.76. The van der Waals surface area contributed by atoms with Gasteiger partial charge in [-0.25, -0.2) is 26.4 Å². The van der Waals surface area contributed by atoms with Crippen molar-refractivity contribution in [2.24, 2.45) is 5.14 Å². The molecule has 0 aliphatic rings. The standard InChI is InChI=1S/C9H11ClN2O6S2/c1-12(19(15)16,5-9(13)14)6-2-3-7(10)8(4-6)20(11,17)18/h2-4H,5H2,1H3,(H3-,11,13,14,15,16,17,18). The number of aliphatic carboxylic acids is 1. The summed E-state index contributed by atoms with van der Waals surface area (Å²) in [5, 5.41) is 13.6. The minimum absolute atomic E-state index is 0.0887. The maximum absolute atomic E-state index is 11.3. The molecule has 2 unspecified atom stereocenters. The zero-order valence-corrected chi connectivity index (χ0v) is 12.5. The summed E-state index contributed by atoms with van der Waals surface area (Å²) in [5.74, 6) is -1.37. The summed E-state index contributed by atoms with van der Waals surface area (Å²) >= 11 is 2.83. The minimum atomic E-state index is -4.16. The highest BCUT2D eigenvalue weighted by Gasteiger charge is 2.32. The van der Waals surface area contributed by atoms with Crippen LogP contribution in [0.5, 0.6) is 0 Å². The van der Waals surface area contributed by atoms with Crippen LogP contribution in [0.25, 0.3) is 0 Å². The van der Waals surface area contributed by atoms with Crippen LogP contribution in [-0.4, -0.2) is 41.8 Å². The van der Waals surface area contributed by atoms with Crippen LogP contribution in [0.3, 0.4) is 0 Å². The lowest BCUT2D eigenvalue weighted by Gasteiger charge is -2.32. The zero-order chi connectivity index (χ0) is 15.7. The molecule has 0 saturated heterocycles. The van der Waals surface area contributed by atoms with Gasteiger partial charge in [-0.3, -0.25) is 0 Å². The average Bonchev–Trinajstić information content (AvgIpc) is 2.26. The van der Waals surface area contributed by atoms with E-state index in [1.165, 1.54) is 6.07 Å². The Kier molecular flexibility index (Phi) is 4.90. The molecule has 0 bridgehead atoms. The van der Waals surface area contributed by atoms with Crippen molar-refractivity contribution in [1.29, 1.82) is 0 Å². The summed E-state index contributed by atoms with van der Waals surface area (Å²) in [4.78, 5) is 10.3. The number of hydrogen-bond donors (Lipinski definition) is 2. The summed E-state index contributed by atoms with van der Waals surface area (Å²) in [6.45, 7) is -0.790. The lowest BCUT2D eigenvalue weighted by molar-refractivity contribution is -0.136. The summed E-state index contributed by atoms with van der Waals surface area (Å²) in [6.07, 6.45) is 0. The van der Waals surface area contributed by atoms with E-state index in [2.05, 4.69) is 0 Å². The molecular weight excluding hydrogens is 332 g/mol. The molecule has 2 atom stereocenters. The molecule has 0 amide bonds. The van der Waals surface area contributed by atoms with Crippen LogP contribution in [0.1, 0.15) is 0 Å². The maximum Gasteiger partial charge on any atom is 0.360 e. The van der Waals surface area contributed by atoms with Gasteiger partial charge in [-0.05, 0) is 6.07 Å². The third-order valence-electron chi connectivity index (χ3n) is 2.53. The number of carboxylic acids is 1. The van der Waals surface area contributed by atoms with Crippen molar-refractivity contribution in [3.63, 3.8) is 0 Å². The summed E-state index contributed by atoms with van der Waals surface area (Å²) in [6, 6.07) is 3.30. The molecule has 0 aliphatic heterocycles. The Hall–Kier alpha value is -1.04. The first kappa shape index (κ1) is 17.0. The van der Waals surface area contributed by atoms with Crippen molar-refractivity contribution in [3.05, 3.63) is 23.2 Å². The molecule has 1 aromatic rings. The molecule has 20 heavy (non-hydrogen) atoms.